The minimum absolute atomic E-state index is 0.0287. The maximum Gasteiger partial charge on any atom is 0.511 e. The molecule has 1 saturated heterocycles. The Kier molecular flexibility index (Phi) is 5.04. The minimum atomic E-state index is -1.62. The number of anilines is 2. The van der Waals surface area contributed by atoms with Crippen molar-refractivity contribution in [2.75, 3.05) is 43.9 Å². The maximum absolute atomic E-state index is 15.0. The van der Waals surface area contributed by atoms with Crippen LogP contribution < -0.4 is 20.8 Å². The van der Waals surface area contributed by atoms with E-state index < -0.39 is 23.2 Å². The van der Waals surface area contributed by atoms with Gasteiger partial charge in [0.2, 0.25) is 5.43 Å². The lowest BCUT2D eigenvalue weighted by atomic mass is 10.1. The standard InChI is InChI=1S/C21H21FN4O4/c1-24-6-8-25(9-7-24)18-11-17-15(10-16(18)22)20(27)19(30-21(28)29)12-26(17)14-4-2-13(23)3-5-14/h2-5,10-12H,6-9,23H2,1H3,(H,28,29). The molecule has 2 aromatic carbocycles. The third kappa shape index (κ3) is 3.67. The van der Waals surface area contributed by atoms with Crippen molar-refractivity contribution in [3.63, 3.8) is 0 Å². The number of nitrogens with zero attached hydrogens (tertiary/aromatic N) is 3. The molecule has 0 atom stereocenters. The lowest BCUT2D eigenvalue weighted by Gasteiger charge is -2.34. The number of rotatable bonds is 3. The van der Waals surface area contributed by atoms with Crippen molar-refractivity contribution in [1.29, 1.82) is 0 Å². The molecule has 9 heteroatoms. The number of benzene rings is 2. The highest BCUT2D eigenvalue weighted by atomic mass is 19.1. The number of piperazine rings is 1. The number of halogens is 1. The first-order valence-corrected chi connectivity index (χ1v) is 9.42. The van der Waals surface area contributed by atoms with Crippen LogP contribution in [0.1, 0.15) is 0 Å². The number of carbonyl (C=O) groups is 1. The van der Waals surface area contributed by atoms with Crippen molar-refractivity contribution >= 4 is 28.4 Å². The molecule has 3 aromatic rings. The molecule has 0 saturated carbocycles. The van der Waals surface area contributed by atoms with Gasteiger partial charge < -0.3 is 29.9 Å². The number of fused-ring (bicyclic) bond motifs is 1. The zero-order valence-corrected chi connectivity index (χ0v) is 16.3. The monoisotopic (exact) mass is 412 g/mol. The summed E-state index contributed by atoms with van der Waals surface area (Å²) in [6.07, 6.45) is -0.319. The topological polar surface area (TPSA) is 101 Å². The Morgan fingerprint density at radius 2 is 1.80 bits per heavy atom. The Morgan fingerprint density at radius 3 is 2.43 bits per heavy atom. The van der Waals surface area contributed by atoms with E-state index in [0.29, 0.717) is 35.7 Å². The van der Waals surface area contributed by atoms with Crippen molar-refractivity contribution in [3.05, 3.63) is 58.6 Å². The van der Waals surface area contributed by atoms with Gasteiger partial charge in [0, 0.05) is 37.6 Å². The fourth-order valence-corrected chi connectivity index (χ4v) is 3.62. The molecule has 0 amide bonds. The average Bonchev–Trinajstić information content (AvgIpc) is 2.71. The number of likely N-dealkylation sites (N-methyl/N-ethyl adjacent to an activating group) is 1. The largest absolute Gasteiger partial charge is 0.511 e. The van der Waals surface area contributed by atoms with Crippen LogP contribution in [-0.4, -0.2) is 54.0 Å². The summed E-state index contributed by atoms with van der Waals surface area (Å²) in [6.45, 7) is 2.91. The van der Waals surface area contributed by atoms with E-state index in [4.69, 9.17) is 10.8 Å². The summed E-state index contributed by atoms with van der Waals surface area (Å²) in [7, 11) is 2.01. The van der Waals surface area contributed by atoms with Crippen molar-refractivity contribution < 1.29 is 19.0 Å². The van der Waals surface area contributed by atoms with Crippen LogP contribution in [0.2, 0.25) is 0 Å². The summed E-state index contributed by atoms with van der Waals surface area (Å²) < 4.78 is 21.2. The molecule has 8 nitrogen and oxygen atoms in total. The summed E-state index contributed by atoms with van der Waals surface area (Å²) in [4.78, 5) is 27.9. The number of nitrogens with two attached hydrogens (primary N) is 1. The van der Waals surface area contributed by atoms with Crippen LogP contribution in [0.4, 0.5) is 20.6 Å². The Morgan fingerprint density at radius 1 is 1.13 bits per heavy atom. The second-order valence-electron chi connectivity index (χ2n) is 7.26. The number of nitrogen functional groups attached to an aromatic ring is 1. The molecule has 0 unspecified atom stereocenters. The van der Waals surface area contributed by atoms with E-state index >= 15 is 0 Å². The van der Waals surface area contributed by atoms with Gasteiger partial charge in [0.05, 0.1) is 22.8 Å². The number of carboxylic acid groups (broad SMARTS) is 1. The lowest BCUT2D eigenvalue weighted by molar-refractivity contribution is 0.144. The van der Waals surface area contributed by atoms with E-state index in [0.717, 1.165) is 19.2 Å². The molecule has 1 aliphatic rings. The van der Waals surface area contributed by atoms with Crippen LogP contribution in [0.3, 0.4) is 0 Å². The van der Waals surface area contributed by atoms with Crippen molar-refractivity contribution in [2.45, 2.75) is 0 Å². The molecule has 4 rings (SSSR count). The van der Waals surface area contributed by atoms with Crippen LogP contribution >= 0.6 is 0 Å². The Balaban J connectivity index is 1.94. The first kappa shape index (κ1) is 19.7. The zero-order chi connectivity index (χ0) is 21.4. The van der Waals surface area contributed by atoms with Gasteiger partial charge in [-0.25, -0.2) is 9.18 Å². The summed E-state index contributed by atoms with van der Waals surface area (Å²) >= 11 is 0. The SMILES string of the molecule is CN1CCN(c2cc3c(cc2F)c(=O)c(OC(=O)O)cn3-c2ccc(N)cc2)CC1. The van der Waals surface area contributed by atoms with E-state index in [1.54, 1.807) is 34.9 Å². The van der Waals surface area contributed by atoms with E-state index in [1.165, 1.54) is 6.20 Å². The van der Waals surface area contributed by atoms with Gasteiger partial charge in [0.15, 0.2) is 5.75 Å². The molecule has 0 spiro atoms. The van der Waals surface area contributed by atoms with Crippen molar-refractivity contribution in [2.24, 2.45) is 0 Å². The molecule has 1 aliphatic heterocycles. The Labute approximate surface area is 171 Å². The second-order valence-corrected chi connectivity index (χ2v) is 7.26. The zero-order valence-electron chi connectivity index (χ0n) is 16.3. The molecule has 156 valence electrons. The third-order valence-electron chi connectivity index (χ3n) is 5.25. The predicted octanol–water partition coefficient (Wildman–Crippen LogP) is 2.52. The van der Waals surface area contributed by atoms with Gasteiger partial charge in [0.1, 0.15) is 5.82 Å². The Hall–Kier alpha value is -3.59. The van der Waals surface area contributed by atoms with E-state index in [9.17, 15) is 14.0 Å². The minimum Gasteiger partial charge on any atom is -0.449 e. The van der Waals surface area contributed by atoms with E-state index in [-0.39, 0.29) is 5.39 Å². The van der Waals surface area contributed by atoms with Gasteiger partial charge in [-0.3, -0.25) is 4.79 Å². The number of pyridine rings is 1. The molecular formula is C21H21FN4O4. The molecular weight excluding hydrogens is 391 g/mol. The molecule has 30 heavy (non-hydrogen) atoms. The molecule has 1 fully saturated rings. The summed E-state index contributed by atoms with van der Waals surface area (Å²) in [5.41, 5.74) is 7.09. The molecule has 0 bridgehead atoms. The highest BCUT2D eigenvalue weighted by Crippen LogP contribution is 2.29. The number of aromatic nitrogens is 1. The smallest absolute Gasteiger partial charge is 0.449 e. The molecule has 2 heterocycles. The molecule has 3 N–H and O–H groups in total. The van der Waals surface area contributed by atoms with E-state index in [1.807, 2.05) is 11.9 Å². The summed E-state index contributed by atoms with van der Waals surface area (Å²) in [6, 6.07) is 9.58. The van der Waals surface area contributed by atoms with Gasteiger partial charge in [-0.05, 0) is 43.4 Å². The van der Waals surface area contributed by atoms with Crippen LogP contribution in [0.15, 0.2) is 47.4 Å². The third-order valence-corrected chi connectivity index (χ3v) is 5.25. The van der Waals surface area contributed by atoms with Gasteiger partial charge in [-0.15, -0.1) is 0 Å². The first-order chi connectivity index (χ1) is 14.3. The number of hydrogen-bond acceptors (Lipinski definition) is 6. The van der Waals surface area contributed by atoms with Crippen LogP contribution in [0.5, 0.6) is 5.75 Å². The average molecular weight is 412 g/mol. The first-order valence-electron chi connectivity index (χ1n) is 9.42. The highest BCUT2D eigenvalue weighted by molar-refractivity contribution is 5.86. The highest BCUT2D eigenvalue weighted by Gasteiger charge is 2.21. The number of ether oxygens (including phenoxy) is 1. The van der Waals surface area contributed by atoms with Gasteiger partial charge in [0.25, 0.3) is 0 Å². The quantitative estimate of drug-likeness (QED) is 0.504. The predicted molar refractivity (Wildman–Crippen MR) is 112 cm³/mol. The van der Waals surface area contributed by atoms with E-state index in [2.05, 4.69) is 9.64 Å². The van der Waals surface area contributed by atoms with Crippen LogP contribution in [0, 0.1) is 5.82 Å². The normalized spacial score (nSPS) is 14.8. The van der Waals surface area contributed by atoms with Gasteiger partial charge in [-0.1, -0.05) is 0 Å². The molecule has 0 radical (unpaired) electrons. The fraction of sp³-hybridized carbons (Fsp3) is 0.238. The molecule has 1 aromatic heterocycles. The fourth-order valence-electron chi connectivity index (χ4n) is 3.62. The van der Waals surface area contributed by atoms with Crippen LogP contribution in [0.25, 0.3) is 16.6 Å². The maximum atomic E-state index is 15.0. The van der Waals surface area contributed by atoms with Gasteiger partial charge >= 0.3 is 6.16 Å². The Bertz CT molecular complexity index is 1170. The van der Waals surface area contributed by atoms with Crippen molar-refractivity contribution in [3.8, 4) is 11.4 Å². The van der Waals surface area contributed by atoms with Crippen molar-refractivity contribution in [1.82, 2.24) is 9.47 Å². The number of hydrogen-bond donors (Lipinski definition) is 2. The lowest BCUT2D eigenvalue weighted by Crippen LogP contribution is -2.44. The van der Waals surface area contributed by atoms with Gasteiger partial charge in [-0.2, -0.15) is 0 Å². The molecule has 0 aliphatic carbocycles. The summed E-state index contributed by atoms with van der Waals surface area (Å²) in [5, 5.41) is 9.01. The summed E-state index contributed by atoms with van der Waals surface area (Å²) in [5.74, 6) is -0.945. The second kappa shape index (κ2) is 7.68. The van der Waals surface area contributed by atoms with Crippen LogP contribution in [-0.2, 0) is 0 Å².